The number of halogens is 1. The Morgan fingerprint density at radius 2 is 2.33 bits per heavy atom. The molecular weight excluding hydrogens is 290 g/mol. The van der Waals surface area contributed by atoms with Crippen LogP contribution in [0.4, 0.5) is 5.69 Å². The zero-order valence-corrected chi connectivity index (χ0v) is 13.2. The number of hydrogen-bond acceptors (Lipinski definition) is 4. The third kappa shape index (κ3) is 3.67. The van der Waals surface area contributed by atoms with Crippen LogP contribution >= 0.6 is 11.6 Å². The van der Waals surface area contributed by atoms with E-state index in [4.69, 9.17) is 22.1 Å². The number of carbonyl (C=O) groups is 1. The summed E-state index contributed by atoms with van der Waals surface area (Å²) in [5.41, 5.74) is 7.60. The molecule has 1 aliphatic rings. The molecule has 1 atom stereocenters. The first kappa shape index (κ1) is 16.1. The van der Waals surface area contributed by atoms with E-state index in [1.165, 1.54) is 0 Å². The number of nitrogens with two attached hydrogens (primary N) is 1. The quantitative estimate of drug-likeness (QED) is 0.885. The Morgan fingerprint density at radius 3 is 3.00 bits per heavy atom. The highest BCUT2D eigenvalue weighted by Gasteiger charge is 2.31. The van der Waals surface area contributed by atoms with Gasteiger partial charge in [-0.25, -0.2) is 0 Å². The maximum absolute atomic E-state index is 12.4. The van der Waals surface area contributed by atoms with Crippen LogP contribution in [-0.4, -0.2) is 37.7 Å². The summed E-state index contributed by atoms with van der Waals surface area (Å²) >= 11 is 6.22. The predicted octanol–water partition coefficient (Wildman–Crippen LogP) is 1.53. The van der Waals surface area contributed by atoms with Crippen LogP contribution in [0.25, 0.3) is 0 Å². The predicted molar refractivity (Wildman–Crippen MR) is 84.6 cm³/mol. The number of nitrogens with one attached hydrogen (secondary N) is 1. The summed E-state index contributed by atoms with van der Waals surface area (Å²) in [5.74, 6) is -0.0346. The van der Waals surface area contributed by atoms with Crippen LogP contribution in [0.2, 0.25) is 5.02 Å². The Hall–Kier alpha value is -1.30. The van der Waals surface area contributed by atoms with Crippen molar-refractivity contribution in [2.45, 2.75) is 32.5 Å². The summed E-state index contributed by atoms with van der Waals surface area (Å²) in [6.45, 7) is 5.82. The van der Waals surface area contributed by atoms with Gasteiger partial charge in [-0.05, 0) is 26.0 Å². The van der Waals surface area contributed by atoms with Gasteiger partial charge in [-0.3, -0.25) is 4.79 Å². The van der Waals surface area contributed by atoms with Gasteiger partial charge in [-0.15, -0.1) is 0 Å². The molecule has 1 fully saturated rings. The number of nitrogens with zero attached hydrogens (tertiary/aromatic N) is 1. The van der Waals surface area contributed by atoms with Crippen LogP contribution in [0.1, 0.15) is 19.4 Å². The minimum absolute atomic E-state index is 0.0346. The average molecular weight is 312 g/mol. The summed E-state index contributed by atoms with van der Waals surface area (Å²) in [5, 5.41) is 3.57. The van der Waals surface area contributed by atoms with Gasteiger partial charge in [0, 0.05) is 35.4 Å². The van der Waals surface area contributed by atoms with Gasteiger partial charge < -0.3 is 20.7 Å². The lowest BCUT2D eigenvalue weighted by atomic mass is 10.1. The Labute approximate surface area is 130 Å². The van der Waals surface area contributed by atoms with E-state index in [0.717, 1.165) is 11.3 Å². The first-order chi connectivity index (χ1) is 10.0. The van der Waals surface area contributed by atoms with E-state index in [0.29, 0.717) is 31.3 Å². The molecule has 0 spiro atoms. The highest BCUT2D eigenvalue weighted by Crippen LogP contribution is 2.29. The van der Waals surface area contributed by atoms with E-state index >= 15 is 0 Å². The maximum atomic E-state index is 12.4. The summed E-state index contributed by atoms with van der Waals surface area (Å²) in [6, 6.07) is 5.38. The molecule has 0 aliphatic carbocycles. The zero-order valence-electron chi connectivity index (χ0n) is 12.4. The van der Waals surface area contributed by atoms with Gasteiger partial charge in [0.1, 0.15) is 6.04 Å². The molecule has 3 N–H and O–H groups in total. The van der Waals surface area contributed by atoms with Gasteiger partial charge in [0.2, 0.25) is 5.91 Å². The minimum Gasteiger partial charge on any atom is -0.377 e. The molecule has 6 heteroatoms. The van der Waals surface area contributed by atoms with E-state index in [-0.39, 0.29) is 18.0 Å². The zero-order chi connectivity index (χ0) is 15.4. The molecule has 21 heavy (non-hydrogen) atoms. The third-order valence-electron chi connectivity index (χ3n) is 3.47. The van der Waals surface area contributed by atoms with E-state index in [1.54, 1.807) is 0 Å². The second kappa shape index (κ2) is 7.11. The summed E-state index contributed by atoms with van der Waals surface area (Å²) < 4.78 is 5.47. The van der Waals surface area contributed by atoms with Crippen molar-refractivity contribution in [2.24, 2.45) is 5.73 Å². The van der Waals surface area contributed by atoms with Crippen molar-refractivity contribution in [2.75, 3.05) is 24.7 Å². The second-order valence-electron chi connectivity index (χ2n) is 5.39. The molecule has 1 heterocycles. The molecule has 0 saturated carbocycles. The Kier molecular flexibility index (Phi) is 5.45. The lowest BCUT2D eigenvalue weighted by molar-refractivity contribution is -0.125. The minimum atomic E-state index is -0.357. The number of hydrogen-bond donors (Lipinski definition) is 2. The molecule has 0 radical (unpaired) electrons. The molecule has 5 nitrogen and oxygen atoms in total. The van der Waals surface area contributed by atoms with Gasteiger partial charge in [-0.1, -0.05) is 17.7 Å². The molecule has 1 amide bonds. The molecule has 2 rings (SSSR count). The number of amides is 1. The lowest BCUT2D eigenvalue weighted by Crippen LogP contribution is -2.55. The van der Waals surface area contributed by atoms with E-state index < -0.39 is 0 Å². The van der Waals surface area contributed by atoms with E-state index in [1.807, 2.05) is 36.9 Å². The van der Waals surface area contributed by atoms with E-state index in [9.17, 15) is 4.79 Å². The number of morpholine rings is 1. The Balaban J connectivity index is 2.31. The fourth-order valence-electron chi connectivity index (χ4n) is 2.51. The molecule has 0 aromatic heterocycles. The summed E-state index contributed by atoms with van der Waals surface area (Å²) in [6.07, 6.45) is 0. The van der Waals surface area contributed by atoms with Crippen molar-refractivity contribution in [3.05, 3.63) is 28.8 Å². The van der Waals surface area contributed by atoms with Crippen LogP contribution < -0.4 is 16.0 Å². The molecule has 1 aliphatic heterocycles. The fourth-order valence-corrected chi connectivity index (χ4v) is 2.76. The maximum Gasteiger partial charge on any atom is 0.245 e. The monoisotopic (exact) mass is 311 g/mol. The van der Waals surface area contributed by atoms with Gasteiger partial charge in [0.25, 0.3) is 0 Å². The molecule has 116 valence electrons. The van der Waals surface area contributed by atoms with Crippen molar-refractivity contribution in [3.8, 4) is 0 Å². The number of ether oxygens (including phenoxy) is 1. The highest BCUT2D eigenvalue weighted by atomic mass is 35.5. The summed E-state index contributed by atoms with van der Waals surface area (Å²) in [7, 11) is 0. The van der Waals surface area contributed by atoms with Crippen LogP contribution in [0.5, 0.6) is 0 Å². The number of benzene rings is 1. The Morgan fingerprint density at radius 1 is 1.57 bits per heavy atom. The van der Waals surface area contributed by atoms with Crippen LogP contribution in [0.3, 0.4) is 0 Å². The number of rotatable bonds is 4. The molecule has 1 unspecified atom stereocenters. The van der Waals surface area contributed by atoms with Gasteiger partial charge in [-0.2, -0.15) is 0 Å². The van der Waals surface area contributed by atoms with Gasteiger partial charge in [0.15, 0.2) is 0 Å². The lowest BCUT2D eigenvalue weighted by Gasteiger charge is -2.37. The van der Waals surface area contributed by atoms with Gasteiger partial charge >= 0.3 is 0 Å². The number of carbonyl (C=O) groups excluding carboxylic acids is 1. The first-order valence-electron chi connectivity index (χ1n) is 7.16. The normalized spacial score (nSPS) is 18.9. The third-order valence-corrected chi connectivity index (χ3v) is 3.82. The van der Waals surface area contributed by atoms with Crippen molar-refractivity contribution in [3.63, 3.8) is 0 Å². The van der Waals surface area contributed by atoms with E-state index in [2.05, 4.69) is 5.32 Å². The smallest absolute Gasteiger partial charge is 0.245 e. The number of anilines is 1. The highest BCUT2D eigenvalue weighted by molar-refractivity contribution is 6.31. The first-order valence-corrected chi connectivity index (χ1v) is 7.54. The van der Waals surface area contributed by atoms with Crippen LogP contribution in [-0.2, 0) is 16.1 Å². The molecule has 1 saturated heterocycles. The largest absolute Gasteiger partial charge is 0.377 e. The van der Waals surface area contributed by atoms with Crippen molar-refractivity contribution in [1.29, 1.82) is 0 Å². The SMILES string of the molecule is CC(C)NC(=O)C1COCCN1c1cccc(Cl)c1CN. The average Bonchev–Trinajstić information content (AvgIpc) is 2.46. The second-order valence-corrected chi connectivity index (χ2v) is 5.80. The standard InChI is InChI=1S/C15H22ClN3O2/c1-10(2)18-15(20)14-9-21-7-6-19(14)13-5-3-4-12(16)11(13)8-17/h3-5,10,14H,6-9,17H2,1-2H3,(H,18,20). The summed E-state index contributed by atoms with van der Waals surface area (Å²) in [4.78, 5) is 14.4. The van der Waals surface area contributed by atoms with Gasteiger partial charge in [0.05, 0.1) is 13.2 Å². The van der Waals surface area contributed by atoms with Crippen molar-refractivity contribution >= 4 is 23.2 Å². The molecule has 0 bridgehead atoms. The fraction of sp³-hybridized carbons (Fsp3) is 0.533. The molecule has 1 aromatic rings. The van der Waals surface area contributed by atoms with Crippen molar-refractivity contribution in [1.82, 2.24) is 5.32 Å². The van der Waals surface area contributed by atoms with Crippen LogP contribution in [0, 0.1) is 0 Å². The molecule has 1 aromatic carbocycles. The topological polar surface area (TPSA) is 67.6 Å². The van der Waals surface area contributed by atoms with Crippen LogP contribution in [0.15, 0.2) is 18.2 Å². The van der Waals surface area contributed by atoms with Crippen molar-refractivity contribution < 1.29 is 9.53 Å². The Bertz CT molecular complexity index is 508. The molecular formula is C15H22ClN3O2.